The van der Waals surface area contributed by atoms with Gasteiger partial charge < -0.3 is 9.80 Å². The van der Waals surface area contributed by atoms with E-state index in [1.54, 1.807) is 35.2 Å². The maximum absolute atomic E-state index is 14.1. The molecule has 30 heavy (non-hydrogen) atoms. The summed E-state index contributed by atoms with van der Waals surface area (Å²) in [5.74, 6) is -0.511. The number of hydrogen-bond acceptors (Lipinski definition) is 4. The van der Waals surface area contributed by atoms with E-state index < -0.39 is 16.1 Å². The zero-order valence-corrected chi connectivity index (χ0v) is 18.4. The van der Waals surface area contributed by atoms with Gasteiger partial charge in [-0.05, 0) is 37.6 Å². The third-order valence-electron chi connectivity index (χ3n) is 5.39. The molecule has 6 nitrogen and oxygen atoms in total. The predicted molar refractivity (Wildman–Crippen MR) is 118 cm³/mol. The average molecular weight is 434 g/mol. The molecule has 0 saturated carbocycles. The van der Waals surface area contributed by atoms with E-state index >= 15 is 0 Å². The zero-order chi connectivity index (χ0) is 21.9. The van der Waals surface area contributed by atoms with Crippen molar-refractivity contribution < 1.29 is 17.6 Å². The second kappa shape index (κ2) is 9.04. The van der Waals surface area contributed by atoms with E-state index in [0.717, 1.165) is 11.8 Å². The summed E-state index contributed by atoms with van der Waals surface area (Å²) >= 11 is 0. The fraction of sp³-hybridized carbons (Fsp3) is 0.409. The van der Waals surface area contributed by atoms with E-state index in [1.165, 1.54) is 10.4 Å². The second-order valence-corrected chi connectivity index (χ2v) is 9.44. The van der Waals surface area contributed by atoms with Crippen LogP contribution >= 0.6 is 0 Å². The summed E-state index contributed by atoms with van der Waals surface area (Å²) in [5.41, 5.74) is 2.01. The van der Waals surface area contributed by atoms with Gasteiger partial charge in [-0.15, -0.1) is 0 Å². The molecule has 1 aliphatic heterocycles. The highest BCUT2D eigenvalue weighted by Crippen LogP contribution is 2.25. The normalized spacial score (nSPS) is 15.7. The number of para-hydroxylation sites is 1. The summed E-state index contributed by atoms with van der Waals surface area (Å²) in [6.45, 7) is 5.54. The van der Waals surface area contributed by atoms with Crippen molar-refractivity contribution in [1.29, 1.82) is 0 Å². The number of benzene rings is 2. The minimum atomic E-state index is -3.66. The smallest absolute Gasteiger partial charge is 0.246 e. The topological polar surface area (TPSA) is 60.9 Å². The van der Waals surface area contributed by atoms with E-state index in [-0.39, 0.29) is 11.7 Å². The van der Waals surface area contributed by atoms with Crippen LogP contribution in [0.1, 0.15) is 18.9 Å². The number of nitrogens with zero attached hydrogens (tertiary/aromatic N) is 3. The molecule has 1 heterocycles. The number of aryl methyl sites for hydroxylation is 1. The van der Waals surface area contributed by atoms with Gasteiger partial charge in [-0.2, -0.15) is 0 Å². The Morgan fingerprint density at radius 2 is 1.67 bits per heavy atom. The predicted octanol–water partition coefficient (Wildman–Crippen LogP) is 3.03. The molecule has 0 N–H and O–H groups in total. The molecule has 0 radical (unpaired) electrons. The van der Waals surface area contributed by atoms with Gasteiger partial charge >= 0.3 is 0 Å². The van der Waals surface area contributed by atoms with Crippen molar-refractivity contribution in [2.24, 2.45) is 0 Å². The van der Waals surface area contributed by atoms with Crippen LogP contribution in [0.3, 0.4) is 0 Å². The Morgan fingerprint density at radius 1 is 1.07 bits per heavy atom. The molecule has 3 rings (SSSR count). The van der Waals surface area contributed by atoms with Crippen LogP contribution in [0.25, 0.3) is 0 Å². The van der Waals surface area contributed by atoms with Crippen molar-refractivity contribution >= 4 is 27.3 Å². The first kappa shape index (κ1) is 22.1. The van der Waals surface area contributed by atoms with Gasteiger partial charge in [0.25, 0.3) is 0 Å². The number of piperazine rings is 1. The number of carbonyl (C=O) groups is 1. The Hall–Kier alpha value is -2.61. The molecular weight excluding hydrogens is 405 g/mol. The van der Waals surface area contributed by atoms with Gasteiger partial charge in [-0.3, -0.25) is 9.10 Å². The van der Waals surface area contributed by atoms with E-state index in [1.807, 2.05) is 30.9 Å². The first-order chi connectivity index (χ1) is 14.2. The number of halogens is 1. The molecular formula is C22H28FN3O3S. The molecule has 0 spiro atoms. The number of anilines is 2. The van der Waals surface area contributed by atoms with Crippen molar-refractivity contribution in [3.8, 4) is 0 Å². The zero-order valence-electron chi connectivity index (χ0n) is 17.6. The maximum Gasteiger partial charge on any atom is 0.246 e. The Kier molecular flexibility index (Phi) is 6.65. The highest BCUT2D eigenvalue weighted by molar-refractivity contribution is 7.92. The fourth-order valence-electron chi connectivity index (χ4n) is 3.82. The minimum Gasteiger partial charge on any atom is -0.366 e. The monoisotopic (exact) mass is 433 g/mol. The average Bonchev–Trinajstić information content (AvgIpc) is 2.72. The summed E-state index contributed by atoms with van der Waals surface area (Å²) < 4.78 is 40.5. The molecule has 8 heteroatoms. The number of carbonyl (C=O) groups excluding carboxylic acids is 1. The van der Waals surface area contributed by atoms with Gasteiger partial charge in [-0.1, -0.05) is 36.8 Å². The lowest BCUT2D eigenvalue weighted by molar-refractivity contribution is -0.132. The molecule has 1 aliphatic rings. The van der Waals surface area contributed by atoms with Gasteiger partial charge in [-0.25, -0.2) is 12.8 Å². The molecule has 1 fully saturated rings. The third kappa shape index (κ3) is 4.75. The highest BCUT2D eigenvalue weighted by atomic mass is 32.2. The summed E-state index contributed by atoms with van der Waals surface area (Å²) in [6.07, 6.45) is 1.48. The van der Waals surface area contributed by atoms with Gasteiger partial charge in [0, 0.05) is 26.2 Å². The van der Waals surface area contributed by atoms with E-state index in [2.05, 4.69) is 0 Å². The molecule has 1 saturated heterocycles. The highest BCUT2D eigenvalue weighted by Gasteiger charge is 2.35. The van der Waals surface area contributed by atoms with E-state index in [0.29, 0.717) is 44.0 Å². The van der Waals surface area contributed by atoms with Crippen LogP contribution in [0.4, 0.5) is 15.8 Å². The Balaban J connectivity index is 1.78. The number of amides is 1. The van der Waals surface area contributed by atoms with Gasteiger partial charge in [0.2, 0.25) is 15.9 Å². The van der Waals surface area contributed by atoms with Crippen molar-refractivity contribution in [2.75, 3.05) is 41.6 Å². The van der Waals surface area contributed by atoms with Crippen LogP contribution in [0.2, 0.25) is 0 Å². The lowest BCUT2D eigenvalue weighted by Gasteiger charge is -2.39. The Labute approximate surface area is 177 Å². The number of sulfonamides is 1. The molecule has 1 atom stereocenters. The molecule has 0 bridgehead atoms. The summed E-state index contributed by atoms with van der Waals surface area (Å²) in [4.78, 5) is 16.9. The van der Waals surface area contributed by atoms with Crippen molar-refractivity contribution in [3.05, 3.63) is 59.9 Å². The fourth-order valence-corrected chi connectivity index (χ4v) is 5.03. The minimum absolute atomic E-state index is 0.225. The summed E-state index contributed by atoms with van der Waals surface area (Å²) in [5, 5.41) is 0. The van der Waals surface area contributed by atoms with Crippen LogP contribution in [-0.2, 0) is 14.8 Å². The van der Waals surface area contributed by atoms with Crippen molar-refractivity contribution in [1.82, 2.24) is 4.90 Å². The number of hydrogen-bond donors (Lipinski definition) is 0. The standard InChI is InChI=1S/C22H28FN3O3S/c1-4-20(26(30(3,28)29)18-11-9-17(2)10-12-18)22(27)25-15-13-24(14-16-25)21-8-6-5-7-19(21)23/h5-12,20H,4,13-16H2,1-3H3. The quantitative estimate of drug-likeness (QED) is 0.703. The molecule has 2 aromatic rings. The number of rotatable bonds is 6. The lowest BCUT2D eigenvalue weighted by Crippen LogP contribution is -2.56. The van der Waals surface area contributed by atoms with Crippen LogP contribution < -0.4 is 9.21 Å². The van der Waals surface area contributed by atoms with Gasteiger partial charge in [0.15, 0.2) is 0 Å². The van der Waals surface area contributed by atoms with E-state index in [9.17, 15) is 17.6 Å². The van der Waals surface area contributed by atoms with Gasteiger partial charge in [0.1, 0.15) is 11.9 Å². The molecule has 2 aromatic carbocycles. The van der Waals surface area contributed by atoms with Gasteiger partial charge in [0.05, 0.1) is 17.6 Å². The molecule has 0 aromatic heterocycles. The molecule has 162 valence electrons. The second-order valence-electron chi connectivity index (χ2n) is 7.58. The van der Waals surface area contributed by atoms with Crippen LogP contribution in [-0.4, -0.2) is 57.7 Å². The summed E-state index contributed by atoms with van der Waals surface area (Å²) in [7, 11) is -3.66. The first-order valence-electron chi connectivity index (χ1n) is 10.1. The third-order valence-corrected chi connectivity index (χ3v) is 6.56. The Morgan fingerprint density at radius 3 is 2.20 bits per heavy atom. The molecule has 1 unspecified atom stereocenters. The molecule has 1 amide bonds. The van der Waals surface area contributed by atoms with Crippen LogP contribution in [0.15, 0.2) is 48.5 Å². The first-order valence-corrected chi connectivity index (χ1v) is 11.9. The van der Waals surface area contributed by atoms with Crippen molar-refractivity contribution in [2.45, 2.75) is 26.3 Å². The maximum atomic E-state index is 14.1. The Bertz CT molecular complexity index is 987. The van der Waals surface area contributed by atoms with Crippen LogP contribution in [0, 0.1) is 12.7 Å². The van der Waals surface area contributed by atoms with Crippen molar-refractivity contribution in [3.63, 3.8) is 0 Å². The molecule has 0 aliphatic carbocycles. The lowest BCUT2D eigenvalue weighted by atomic mass is 10.1. The van der Waals surface area contributed by atoms with Crippen LogP contribution in [0.5, 0.6) is 0 Å². The van der Waals surface area contributed by atoms with E-state index in [4.69, 9.17) is 0 Å². The summed E-state index contributed by atoms with van der Waals surface area (Å²) in [6, 6.07) is 12.9. The largest absolute Gasteiger partial charge is 0.366 e. The SMILES string of the molecule is CCC(C(=O)N1CCN(c2ccccc2F)CC1)N(c1ccc(C)cc1)S(C)(=O)=O.